The summed E-state index contributed by atoms with van der Waals surface area (Å²) in [6, 6.07) is 0. The van der Waals surface area contributed by atoms with E-state index in [1.54, 1.807) is 0 Å². The van der Waals surface area contributed by atoms with E-state index >= 15 is 0 Å². The largest absolute Gasteiger partial charge is 0.472 e. The second-order valence-corrected chi connectivity index (χ2v) is 31.4. The Hall–Kier alpha value is -1.94. The molecule has 0 aliphatic carbocycles. The Morgan fingerprint density at radius 1 is 0.287 bits per heavy atom. The topological polar surface area (TPSA) is 237 Å². The lowest BCUT2D eigenvalue weighted by atomic mass is 10.0. The number of ether oxygens (including phenoxy) is 4. The highest BCUT2D eigenvalue weighted by atomic mass is 31.2. The molecule has 0 saturated carbocycles. The number of aliphatic hydroxyl groups excluding tert-OH is 1. The summed E-state index contributed by atoms with van der Waals surface area (Å²) in [5.74, 6) is 0.0480. The van der Waals surface area contributed by atoms with E-state index in [1.165, 1.54) is 186 Å². The number of hydrogen-bond acceptors (Lipinski definition) is 15. The SMILES string of the molecule is CCCCCCCCCCCCCCCCCCCCCCC(=O)O[C@H](COC(=O)CCCCCCCCCCCCCC(C)C)COP(=O)(O)OC[C@@H](O)COP(=O)(O)OC[C@@H](COC(=O)CCCCCCCCCC(C)C)OC(=O)CCCCCCCCCC(C)C. The molecule has 94 heavy (non-hydrogen) atoms. The van der Waals surface area contributed by atoms with Gasteiger partial charge in [-0.05, 0) is 43.4 Å². The van der Waals surface area contributed by atoms with E-state index in [4.69, 9.17) is 37.0 Å². The minimum Gasteiger partial charge on any atom is -0.462 e. The maximum absolute atomic E-state index is 13.1. The molecule has 558 valence electrons. The van der Waals surface area contributed by atoms with Crippen molar-refractivity contribution in [1.82, 2.24) is 0 Å². The highest BCUT2D eigenvalue weighted by molar-refractivity contribution is 7.47. The van der Waals surface area contributed by atoms with Gasteiger partial charge in [0, 0.05) is 25.7 Å². The van der Waals surface area contributed by atoms with Gasteiger partial charge in [0.25, 0.3) is 0 Å². The smallest absolute Gasteiger partial charge is 0.462 e. The molecule has 0 spiro atoms. The Morgan fingerprint density at radius 3 is 0.723 bits per heavy atom. The molecular formula is C75H146O17P2. The highest BCUT2D eigenvalue weighted by Gasteiger charge is 2.30. The molecule has 0 aliphatic heterocycles. The standard InChI is InChI=1S/C75H146O17P2/c1-8-9-10-11-12-13-14-15-16-17-18-19-20-21-22-25-29-36-44-51-58-74(79)91-70(62-85-72(77)56-49-42-35-28-26-23-24-27-32-39-46-53-66(2)3)64-89-93(81,82)87-60-69(76)61-88-94(83,84)90-65-71(92-75(80)59-52-45-38-31-34-41-48-55-68(6)7)63-86-73(78)57-50-43-37-30-33-40-47-54-67(4)5/h66-71,76H,8-65H2,1-7H3,(H,81,82)(H,83,84)/t69-,70-,71-/m1/s1. The molecular weight excluding hydrogens is 1230 g/mol. The van der Waals surface area contributed by atoms with Crippen LogP contribution in [0.15, 0.2) is 0 Å². The summed E-state index contributed by atoms with van der Waals surface area (Å²) >= 11 is 0. The molecule has 0 aromatic carbocycles. The molecule has 0 aromatic rings. The van der Waals surface area contributed by atoms with Crippen LogP contribution in [0.3, 0.4) is 0 Å². The number of phosphoric ester groups is 2. The predicted molar refractivity (Wildman–Crippen MR) is 381 cm³/mol. The Bertz CT molecular complexity index is 1840. The fourth-order valence-electron chi connectivity index (χ4n) is 11.4. The molecule has 2 unspecified atom stereocenters. The lowest BCUT2D eigenvalue weighted by Gasteiger charge is -2.21. The van der Waals surface area contributed by atoms with Crippen LogP contribution in [-0.2, 0) is 65.4 Å². The van der Waals surface area contributed by atoms with Crippen LogP contribution in [0.25, 0.3) is 0 Å². The Morgan fingerprint density at radius 2 is 0.489 bits per heavy atom. The van der Waals surface area contributed by atoms with Gasteiger partial charge in [-0.15, -0.1) is 0 Å². The lowest BCUT2D eigenvalue weighted by Crippen LogP contribution is -2.30. The number of carbonyl (C=O) groups is 4. The molecule has 19 heteroatoms. The summed E-state index contributed by atoms with van der Waals surface area (Å²) in [6.45, 7) is 11.8. The summed E-state index contributed by atoms with van der Waals surface area (Å²) in [4.78, 5) is 72.7. The van der Waals surface area contributed by atoms with Crippen molar-refractivity contribution in [3.8, 4) is 0 Å². The zero-order valence-corrected chi connectivity index (χ0v) is 63.2. The number of esters is 4. The van der Waals surface area contributed by atoms with Crippen LogP contribution in [0.2, 0.25) is 0 Å². The van der Waals surface area contributed by atoms with Crippen LogP contribution >= 0.6 is 15.6 Å². The Kier molecular flexibility index (Phi) is 64.3. The molecule has 0 aliphatic rings. The lowest BCUT2D eigenvalue weighted by molar-refractivity contribution is -0.161. The number of aliphatic hydroxyl groups is 1. The van der Waals surface area contributed by atoms with Crippen LogP contribution in [0, 0.1) is 17.8 Å². The van der Waals surface area contributed by atoms with Crippen molar-refractivity contribution in [2.24, 2.45) is 17.8 Å². The van der Waals surface area contributed by atoms with Gasteiger partial charge < -0.3 is 33.8 Å². The summed E-state index contributed by atoms with van der Waals surface area (Å²) in [6.07, 6.45) is 51.7. The average molecular weight is 1380 g/mol. The van der Waals surface area contributed by atoms with Crippen molar-refractivity contribution >= 4 is 39.5 Å². The number of unbranched alkanes of at least 4 members (excludes halogenated alkanes) is 41. The molecule has 0 fully saturated rings. The number of hydrogen-bond donors (Lipinski definition) is 3. The molecule has 0 saturated heterocycles. The van der Waals surface area contributed by atoms with Crippen molar-refractivity contribution in [3.63, 3.8) is 0 Å². The van der Waals surface area contributed by atoms with Crippen LogP contribution in [-0.4, -0.2) is 96.7 Å². The third kappa shape index (κ3) is 68.6. The first-order valence-electron chi connectivity index (χ1n) is 38.8. The minimum absolute atomic E-state index is 0.103. The molecule has 3 N–H and O–H groups in total. The van der Waals surface area contributed by atoms with E-state index < -0.39 is 97.5 Å². The van der Waals surface area contributed by atoms with Gasteiger partial charge in [-0.1, -0.05) is 331 Å². The zero-order chi connectivity index (χ0) is 69.4. The Balaban J connectivity index is 5.20. The molecule has 0 heterocycles. The molecule has 0 amide bonds. The quantitative estimate of drug-likeness (QED) is 0.0222. The fraction of sp³-hybridized carbons (Fsp3) is 0.947. The maximum Gasteiger partial charge on any atom is 0.472 e. The first kappa shape index (κ1) is 92.1. The first-order valence-corrected chi connectivity index (χ1v) is 41.8. The van der Waals surface area contributed by atoms with Gasteiger partial charge in [-0.25, -0.2) is 9.13 Å². The van der Waals surface area contributed by atoms with Gasteiger partial charge in [-0.3, -0.25) is 37.3 Å². The first-order chi connectivity index (χ1) is 45.2. The van der Waals surface area contributed by atoms with Crippen LogP contribution in [0.1, 0.15) is 382 Å². The summed E-state index contributed by atoms with van der Waals surface area (Å²) in [5, 5.41) is 10.6. The van der Waals surface area contributed by atoms with Crippen LogP contribution in [0.4, 0.5) is 0 Å². The van der Waals surface area contributed by atoms with E-state index in [0.717, 1.165) is 102 Å². The molecule has 0 rings (SSSR count). The van der Waals surface area contributed by atoms with Gasteiger partial charge in [0.15, 0.2) is 12.2 Å². The van der Waals surface area contributed by atoms with Crippen molar-refractivity contribution in [1.29, 1.82) is 0 Å². The van der Waals surface area contributed by atoms with Crippen molar-refractivity contribution < 1.29 is 80.2 Å². The van der Waals surface area contributed by atoms with Gasteiger partial charge in [0.2, 0.25) is 0 Å². The van der Waals surface area contributed by atoms with Gasteiger partial charge in [0.05, 0.1) is 26.4 Å². The summed E-state index contributed by atoms with van der Waals surface area (Å²) < 4.78 is 68.4. The van der Waals surface area contributed by atoms with Crippen LogP contribution in [0.5, 0.6) is 0 Å². The minimum atomic E-state index is -4.96. The molecule has 0 radical (unpaired) electrons. The second-order valence-electron chi connectivity index (χ2n) is 28.5. The fourth-order valence-corrected chi connectivity index (χ4v) is 13.0. The number of carbonyl (C=O) groups excluding carboxylic acids is 4. The van der Waals surface area contributed by atoms with E-state index in [2.05, 4.69) is 48.5 Å². The summed E-state index contributed by atoms with van der Waals surface area (Å²) in [5.41, 5.74) is 0. The Labute approximate surface area is 575 Å². The van der Waals surface area contributed by atoms with Gasteiger partial charge >= 0.3 is 39.5 Å². The summed E-state index contributed by atoms with van der Waals surface area (Å²) in [7, 11) is -9.91. The van der Waals surface area contributed by atoms with Crippen LogP contribution < -0.4 is 0 Å². The maximum atomic E-state index is 13.1. The monoisotopic (exact) mass is 1380 g/mol. The van der Waals surface area contributed by atoms with E-state index in [0.29, 0.717) is 37.5 Å². The molecule has 17 nitrogen and oxygen atoms in total. The zero-order valence-electron chi connectivity index (χ0n) is 61.4. The van der Waals surface area contributed by atoms with E-state index in [9.17, 15) is 43.2 Å². The van der Waals surface area contributed by atoms with E-state index in [1.807, 2.05) is 0 Å². The van der Waals surface area contributed by atoms with Gasteiger partial charge in [-0.2, -0.15) is 0 Å². The number of rotatable bonds is 73. The number of phosphoric acid groups is 2. The normalized spacial score (nSPS) is 14.1. The molecule has 5 atom stereocenters. The third-order valence-corrected chi connectivity index (χ3v) is 19.3. The average Bonchev–Trinajstić information content (AvgIpc) is 1.49. The van der Waals surface area contributed by atoms with E-state index in [-0.39, 0.29) is 25.7 Å². The highest BCUT2D eigenvalue weighted by Crippen LogP contribution is 2.45. The van der Waals surface area contributed by atoms with Gasteiger partial charge in [0.1, 0.15) is 19.3 Å². The van der Waals surface area contributed by atoms with Crippen molar-refractivity contribution in [3.05, 3.63) is 0 Å². The molecule has 0 bridgehead atoms. The second kappa shape index (κ2) is 65.7. The van der Waals surface area contributed by atoms with Crippen molar-refractivity contribution in [2.45, 2.75) is 401 Å². The molecule has 0 aromatic heterocycles. The predicted octanol–water partition coefficient (Wildman–Crippen LogP) is 21.8. The third-order valence-electron chi connectivity index (χ3n) is 17.4. The van der Waals surface area contributed by atoms with Crippen molar-refractivity contribution in [2.75, 3.05) is 39.6 Å².